The highest BCUT2D eigenvalue weighted by molar-refractivity contribution is 7.26. The van der Waals surface area contributed by atoms with E-state index in [1.807, 2.05) is 29.5 Å². The quantitative estimate of drug-likeness (QED) is 0.183. The third-order valence-electron chi connectivity index (χ3n) is 11.6. The molecule has 11 aromatic rings. The lowest BCUT2D eigenvalue weighted by Crippen LogP contribution is -2.27. The third-order valence-corrected chi connectivity index (χ3v) is 12.8. The Morgan fingerprint density at radius 2 is 1.28 bits per heavy atom. The zero-order valence-corrected chi connectivity index (χ0v) is 30.4. The topological polar surface area (TPSA) is 43.9 Å². The molecule has 254 valence electrons. The van der Waals surface area contributed by atoms with Crippen molar-refractivity contribution in [3.05, 3.63) is 163 Å². The molecule has 0 amide bonds. The monoisotopic (exact) mass is 709 g/mol. The Morgan fingerprint density at radius 1 is 0.574 bits per heavy atom. The van der Waals surface area contributed by atoms with E-state index in [4.69, 9.17) is 14.4 Å². The lowest BCUT2D eigenvalue weighted by Gasteiger charge is -2.36. The number of thiophene rings is 1. The van der Waals surface area contributed by atoms with E-state index >= 15 is 0 Å². The van der Waals surface area contributed by atoms with Gasteiger partial charge in [0.05, 0.1) is 38.2 Å². The van der Waals surface area contributed by atoms with Gasteiger partial charge in [0.25, 0.3) is 0 Å². The second-order valence-electron chi connectivity index (χ2n) is 14.9. The minimum atomic E-state index is -0.242. The fourth-order valence-electron chi connectivity index (χ4n) is 9.19. The van der Waals surface area contributed by atoms with Gasteiger partial charge in [-0.3, -0.25) is 0 Å². The number of furan rings is 1. The maximum absolute atomic E-state index is 6.45. The zero-order chi connectivity index (χ0) is 35.7. The van der Waals surface area contributed by atoms with E-state index in [0.717, 1.165) is 55.2 Å². The van der Waals surface area contributed by atoms with E-state index < -0.39 is 0 Å². The number of rotatable bonds is 3. The number of para-hydroxylation sites is 4. The zero-order valence-electron chi connectivity index (χ0n) is 29.6. The summed E-state index contributed by atoms with van der Waals surface area (Å²) in [6.45, 7) is 4.78. The number of fused-ring (bicyclic) bond motifs is 11. The van der Waals surface area contributed by atoms with Gasteiger partial charge in [-0.15, -0.1) is 11.3 Å². The molecule has 5 heterocycles. The van der Waals surface area contributed by atoms with Crippen molar-refractivity contribution in [1.82, 2.24) is 14.5 Å². The lowest BCUT2D eigenvalue weighted by molar-refractivity contribution is 0.632. The standard InChI is InChI=1S/C49H31N3OS/c1-49(2)37-22-11-20-35-44(37)52(45-34-17-5-8-26-41(34)54-47(35)45)39-24-12-18-30(42(39)49)28-13-9-14-29(27-28)43-33-16-3-6-23-38(33)50-48(51-43)36-21-10-19-32-31-15-4-7-25-40(31)53-46(32)36/h3-27H,1-2H3. The van der Waals surface area contributed by atoms with Crippen LogP contribution in [0.5, 0.6) is 0 Å². The molecule has 1 aliphatic heterocycles. The van der Waals surface area contributed by atoms with E-state index in [1.165, 1.54) is 53.6 Å². The van der Waals surface area contributed by atoms with Crippen LogP contribution in [0.15, 0.2) is 156 Å². The predicted octanol–water partition coefficient (Wildman–Crippen LogP) is 13.5. The molecular weight excluding hydrogens is 679 g/mol. The first kappa shape index (κ1) is 30.0. The van der Waals surface area contributed by atoms with Crippen LogP contribution < -0.4 is 0 Å². The number of aromatic nitrogens is 3. The van der Waals surface area contributed by atoms with Crippen molar-refractivity contribution in [2.45, 2.75) is 19.3 Å². The summed E-state index contributed by atoms with van der Waals surface area (Å²) in [5.74, 6) is 0.650. The Kier molecular flexibility index (Phi) is 5.96. The highest BCUT2D eigenvalue weighted by atomic mass is 32.1. The molecule has 4 nitrogen and oxygen atoms in total. The highest BCUT2D eigenvalue weighted by Gasteiger charge is 2.38. The molecule has 0 saturated heterocycles. The van der Waals surface area contributed by atoms with Crippen LogP contribution in [0.4, 0.5) is 0 Å². The summed E-state index contributed by atoms with van der Waals surface area (Å²) < 4.78 is 11.7. The second-order valence-corrected chi connectivity index (χ2v) is 16.0. The van der Waals surface area contributed by atoms with E-state index in [9.17, 15) is 0 Å². The van der Waals surface area contributed by atoms with Crippen LogP contribution in [0.3, 0.4) is 0 Å². The van der Waals surface area contributed by atoms with Crippen molar-refractivity contribution in [3.8, 4) is 39.5 Å². The summed E-state index contributed by atoms with van der Waals surface area (Å²) in [7, 11) is 0. The Bertz CT molecular complexity index is 3380. The SMILES string of the molecule is CC1(C)c2c(-c3cccc(-c4nc(-c5cccc6c5oc5ccccc56)nc5ccccc45)c3)cccc2-n2c3c1cccc3c1sc3ccccc3c12. The number of hydrogen-bond donors (Lipinski definition) is 0. The van der Waals surface area contributed by atoms with Gasteiger partial charge >= 0.3 is 0 Å². The van der Waals surface area contributed by atoms with Crippen LogP contribution >= 0.6 is 11.3 Å². The fraction of sp³-hybridized carbons (Fsp3) is 0.0612. The molecule has 7 aromatic carbocycles. The molecule has 0 unspecified atom stereocenters. The van der Waals surface area contributed by atoms with Crippen molar-refractivity contribution in [3.63, 3.8) is 0 Å². The smallest absolute Gasteiger partial charge is 0.164 e. The molecule has 54 heavy (non-hydrogen) atoms. The maximum atomic E-state index is 6.45. The van der Waals surface area contributed by atoms with Gasteiger partial charge in [-0.25, -0.2) is 9.97 Å². The molecule has 5 heteroatoms. The Labute approximate surface area is 314 Å². The summed E-state index contributed by atoms with van der Waals surface area (Å²) in [5, 5.41) is 5.81. The van der Waals surface area contributed by atoms with Gasteiger partial charge in [0.2, 0.25) is 0 Å². The number of hydrogen-bond acceptors (Lipinski definition) is 4. The van der Waals surface area contributed by atoms with Crippen molar-refractivity contribution in [1.29, 1.82) is 0 Å². The molecule has 0 bridgehead atoms. The average Bonchev–Trinajstić information content (AvgIpc) is 3.89. The van der Waals surface area contributed by atoms with Crippen molar-refractivity contribution >= 4 is 75.4 Å². The van der Waals surface area contributed by atoms with Gasteiger partial charge in [0.1, 0.15) is 11.2 Å². The molecule has 12 rings (SSSR count). The molecule has 0 aliphatic carbocycles. The van der Waals surface area contributed by atoms with E-state index in [1.54, 1.807) is 0 Å². The van der Waals surface area contributed by atoms with Crippen LogP contribution in [-0.4, -0.2) is 14.5 Å². The molecule has 0 saturated carbocycles. The van der Waals surface area contributed by atoms with Gasteiger partial charge in [-0.2, -0.15) is 0 Å². The molecule has 4 aromatic heterocycles. The van der Waals surface area contributed by atoms with Gasteiger partial charge in [0, 0.05) is 42.6 Å². The van der Waals surface area contributed by atoms with Crippen LogP contribution in [-0.2, 0) is 5.41 Å². The fourth-order valence-corrected chi connectivity index (χ4v) is 10.4. The molecule has 0 N–H and O–H groups in total. The van der Waals surface area contributed by atoms with Crippen LogP contribution in [0.25, 0.3) is 104 Å². The Hall–Kier alpha value is -6.56. The molecule has 0 atom stereocenters. The third kappa shape index (κ3) is 3.97. The van der Waals surface area contributed by atoms with Crippen molar-refractivity contribution in [2.75, 3.05) is 0 Å². The summed E-state index contributed by atoms with van der Waals surface area (Å²) in [6.07, 6.45) is 0. The number of benzene rings is 7. The number of nitrogens with zero attached hydrogens (tertiary/aromatic N) is 3. The van der Waals surface area contributed by atoms with Gasteiger partial charge < -0.3 is 8.98 Å². The average molecular weight is 710 g/mol. The molecule has 0 fully saturated rings. The minimum Gasteiger partial charge on any atom is -0.455 e. The van der Waals surface area contributed by atoms with Gasteiger partial charge in [-0.05, 0) is 58.7 Å². The molecular formula is C49H31N3OS. The van der Waals surface area contributed by atoms with Crippen LogP contribution in [0.1, 0.15) is 25.0 Å². The molecule has 0 radical (unpaired) electrons. The summed E-state index contributed by atoms with van der Waals surface area (Å²) in [6, 6.07) is 54.2. The predicted molar refractivity (Wildman–Crippen MR) is 225 cm³/mol. The highest BCUT2D eigenvalue weighted by Crippen LogP contribution is 2.53. The lowest BCUT2D eigenvalue weighted by atomic mass is 9.72. The van der Waals surface area contributed by atoms with E-state index in [-0.39, 0.29) is 5.41 Å². The van der Waals surface area contributed by atoms with Crippen molar-refractivity contribution in [2.24, 2.45) is 0 Å². The molecule has 1 aliphatic rings. The summed E-state index contributed by atoms with van der Waals surface area (Å²) in [5.41, 5.74) is 14.1. The van der Waals surface area contributed by atoms with E-state index in [0.29, 0.717) is 5.82 Å². The summed E-state index contributed by atoms with van der Waals surface area (Å²) in [4.78, 5) is 10.5. The normalized spacial score (nSPS) is 13.5. The van der Waals surface area contributed by atoms with Gasteiger partial charge in [-0.1, -0.05) is 129 Å². The van der Waals surface area contributed by atoms with Crippen LogP contribution in [0, 0.1) is 0 Å². The first-order valence-electron chi connectivity index (χ1n) is 18.4. The minimum absolute atomic E-state index is 0.242. The van der Waals surface area contributed by atoms with Crippen LogP contribution in [0.2, 0.25) is 0 Å². The first-order valence-corrected chi connectivity index (χ1v) is 19.2. The summed E-state index contributed by atoms with van der Waals surface area (Å²) >= 11 is 1.90. The maximum Gasteiger partial charge on any atom is 0.164 e. The Balaban J connectivity index is 1.08. The van der Waals surface area contributed by atoms with E-state index in [2.05, 4.69) is 152 Å². The largest absolute Gasteiger partial charge is 0.455 e. The molecule has 0 spiro atoms. The van der Waals surface area contributed by atoms with Crippen molar-refractivity contribution < 1.29 is 4.42 Å². The second kappa shape index (κ2) is 10.8. The van der Waals surface area contributed by atoms with Gasteiger partial charge in [0.15, 0.2) is 5.82 Å². The first-order chi connectivity index (χ1) is 26.5. The Morgan fingerprint density at radius 3 is 2.20 bits per heavy atom.